The van der Waals surface area contributed by atoms with Gasteiger partial charge in [0.1, 0.15) is 0 Å². The monoisotopic (exact) mass is 472 g/mol. The number of benzene rings is 1. The van der Waals surface area contributed by atoms with Crippen LogP contribution in [-0.2, 0) is 4.74 Å². The predicted octanol–water partition coefficient (Wildman–Crippen LogP) is 0.974. The van der Waals surface area contributed by atoms with E-state index in [0.29, 0.717) is 23.3 Å². The molecule has 0 saturated carbocycles. The molecule has 0 spiro atoms. The Kier molecular flexibility index (Phi) is 6.66. The van der Waals surface area contributed by atoms with Crippen molar-refractivity contribution in [2.75, 3.05) is 36.8 Å². The number of nitrogens with two attached hydrogens (primary N) is 1. The summed E-state index contributed by atoms with van der Waals surface area (Å²) in [5.41, 5.74) is 6.87. The van der Waals surface area contributed by atoms with Crippen molar-refractivity contribution in [3.63, 3.8) is 0 Å². The number of carbonyl (C=O) groups is 2. The fraction of sp³-hybridized carbons (Fsp3) is 0.429. The van der Waals surface area contributed by atoms with Gasteiger partial charge in [-0.2, -0.15) is 0 Å². The molecule has 159 valence electrons. The van der Waals surface area contributed by atoms with E-state index in [-0.39, 0.29) is 17.7 Å². The average Bonchev–Trinajstić information content (AvgIpc) is 2.67. The molecule has 1 aliphatic rings. The zero-order valence-electron chi connectivity index (χ0n) is 17.8. The normalized spacial score (nSPS) is 14.9. The number of hydrogen-bond donors (Lipinski definition) is 1. The van der Waals surface area contributed by atoms with E-state index in [9.17, 15) is 9.59 Å². The Bertz CT molecular complexity index is 919. The molecule has 9 heteroatoms. The zero-order valence-corrected chi connectivity index (χ0v) is 19.6. The maximum absolute atomic E-state index is 12.2. The van der Waals surface area contributed by atoms with Crippen molar-refractivity contribution in [3.8, 4) is 0 Å². The van der Waals surface area contributed by atoms with Crippen LogP contribution >= 0.6 is 0 Å². The van der Waals surface area contributed by atoms with Crippen LogP contribution < -0.4 is 19.6 Å². The Morgan fingerprint density at radius 3 is 2.27 bits per heavy atom. The third kappa shape index (κ3) is 5.72. The zero-order chi connectivity index (χ0) is 21.9. The van der Waals surface area contributed by atoms with Gasteiger partial charge in [-0.05, 0) is 0 Å². The third-order valence-electron chi connectivity index (χ3n) is 4.56. The summed E-state index contributed by atoms with van der Waals surface area (Å²) in [6.45, 7) is 9.88. The molecule has 1 saturated heterocycles. The summed E-state index contributed by atoms with van der Waals surface area (Å²) < 4.78 is 7.28. The topological polar surface area (TPSA) is 102 Å². The Balaban J connectivity index is 1.57. The molecule has 0 unspecified atom stereocenters. The van der Waals surface area contributed by atoms with E-state index >= 15 is 0 Å². The van der Waals surface area contributed by atoms with E-state index in [2.05, 4.69) is 39.1 Å². The van der Waals surface area contributed by atoms with Crippen LogP contribution in [0.2, 0.25) is 0 Å². The van der Waals surface area contributed by atoms with Crippen molar-refractivity contribution in [1.82, 2.24) is 14.9 Å². The average molecular weight is 472 g/mol. The van der Waals surface area contributed by atoms with Crippen LogP contribution in [0.4, 0.5) is 16.3 Å². The van der Waals surface area contributed by atoms with E-state index in [4.69, 9.17) is 10.5 Å². The quantitative estimate of drug-likeness (QED) is 0.523. The first-order valence-corrected chi connectivity index (χ1v) is 11.7. The van der Waals surface area contributed by atoms with Crippen molar-refractivity contribution in [2.24, 2.45) is 0 Å². The fourth-order valence-electron chi connectivity index (χ4n) is 3.04. The summed E-state index contributed by atoms with van der Waals surface area (Å²) >= 11 is -0.418. The third-order valence-corrected chi connectivity index (χ3v) is 6.60. The number of Topliss-reactive ketones (excluding diaryl/α,β-unsaturated/α-hetero) is 1. The molecule has 2 N–H and O–H groups in total. The first-order chi connectivity index (χ1) is 14.1. The van der Waals surface area contributed by atoms with Gasteiger partial charge in [-0.25, -0.2) is 0 Å². The predicted molar refractivity (Wildman–Crippen MR) is 118 cm³/mol. The summed E-state index contributed by atoms with van der Waals surface area (Å²) in [7, 11) is 0. The number of nitrogen functional groups attached to an aromatic ring is 1. The molecule has 30 heavy (non-hydrogen) atoms. The molecule has 0 aliphatic carbocycles. The van der Waals surface area contributed by atoms with Gasteiger partial charge in [-0.3, -0.25) is 0 Å². The molecule has 0 atom stereocenters. The molecule has 1 aromatic carbocycles. The molecule has 1 aromatic heterocycles. The van der Waals surface area contributed by atoms with Crippen molar-refractivity contribution in [2.45, 2.75) is 33.3 Å². The number of rotatable bonds is 4. The van der Waals surface area contributed by atoms with E-state index < -0.39 is 21.4 Å². The standard InChI is InChI=1S/C21H27AsN5O3/c1-14(28)17-13-24-19(25-18(17)23)22-15-5-7-16(8-6-15)26-9-11-27(12-10-26)20(29)30-21(2,3)4/h5-8,13H,9-12H2,1-4H3,(H2,23,24,25). The molecule has 1 radical (unpaired) electrons. The molecule has 0 bridgehead atoms. The molecule has 8 nitrogen and oxygen atoms in total. The van der Waals surface area contributed by atoms with Gasteiger partial charge in [0, 0.05) is 0 Å². The molecule has 3 rings (SSSR count). The molecular formula is C21H27AsN5O3. The Morgan fingerprint density at radius 1 is 1.10 bits per heavy atom. The Labute approximate surface area is 183 Å². The van der Waals surface area contributed by atoms with Crippen LogP contribution in [0.15, 0.2) is 30.5 Å². The number of carbonyl (C=O) groups excluding carboxylic acids is 2. The number of ether oxygens (including phenoxy) is 1. The fourth-order valence-corrected chi connectivity index (χ4v) is 4.72. The van der Waals surface area contributed by atoms with Gasteiger partial charge in [-0.1, -0.05) is 0 Å². The Hall–Kier alpha value is -2.60. The first-order valence-electron chi connectivity index (χ1n) is 9.80. The van der Waals surface area contributed by atoms with Gasteiger partial charge in [0.05, 0.1) is 0 Å². The van der Waals surface area contributed by atoms with Gasteiger partial charge in [0.15, 0.2) is 0 Å². The van der Waals surface area contributed by atoms with Gasteiger partial charge < -0.3 is 0 Å². The maximum atomic E-state index is 12.2. The second kappa shape index (κ2) is 9.04. The molecule has 1 amide bonds. The summed E-state index contributed by atoms with van der Waals surface area (Å²) in [6, 6.07) is 8.32. The molecule has 2 heterocycles. The second-order valence-corrected chi connectivity index (χ2v) is 10.5. The molecule has 1 aliphatic heterocycles. The summed E-state index contributed by atoms with van der Waals surface area (Å²) in [6.07, 6.45) is 1.25. The number of anilines is 2. The van der Waals surface area contributed by atoms with Gasteiger partial charge in [0.25, 0.3) is 0 Å². The van der Waals surface area contributed by atoms with Crippen molar-refractivity contribution >= 4 is 48.1 Å². The summed E-state index contributed by atoms with van der Waals surface area (Å²) in [5.74, 6) is 0.105. The number of ketones is 1. The minimum atomic E-state index is -0.479. The number of amides is 1. The number of piperazine rings is 1. The van der Waals surface area contributed by atoms with E-state index in [0.717, 1.165) is 23.1 Å². The number of aromatic nitrogens is 2. The van der Waals surface area contributed by atoms with E-state index in [1.807, 2.05) is 20.8 Å². The molecular weight excluding hydrogens is 445 g/mol. The summed E-state index contributed by atoms with van der Waals surface area (Å²) in [4.78, 5) is 36.2. The first kappa shape index (κ1) is 22.1. The number of nitrogens with zero attached hydrogens (tertiary/aromatic N) is 4. The summed E-state index contributed by atoms with van der Waals surface area (Å²) in [5, 5.41) is 0. The second-order valence-electron chi connectivity index (χ2n) is 8.11. The Morgan fingerprint density at radius 2 is 1.73 bits per heavy atom. The van der Waals surface area contributed by atoms with Crippen LogP contribution in [0, 0.1) is 0 Å². The minimum absolute atomic E-state index is 0.133. The van der Waals surface area contributed by atoms with E-state index in [1.165, 1.54) is 13.1 Å². The van der Waals surface area contributed by atoms with Crippen LogP contribution in [0.5, 0.6) is 0 Å². The SMILES string of the molecule is CC(=O)c1cnc([As]c2ccc(N3CCN(C(=O)OC(C)(C)C)CC3)cc2)nc1N. The molecule has 1 fully saturated rings. The van der Waals surface area contributed by atoms with Gasteiger partial charge in [0.2, 0.25) is 0 Å². The van der Waals surface area contributed by atoms with Crippen LogP contribution in [-0.4, -0.2) is 74.3 Å². The van der Waals surface area contributed by atoms with E-state index in [1.54, 1.807) is 4.90 Å². The van der Waals surface area contributed by atoms with Crippen LogP contribution in [0.25, 0.3) is 0 Å². The van der Waals surface area contributed by atoms with Gasteiger partial charge in [-0.15, -0.1) is 0 Å². The van der Waals surface area contributed by atoms with Crippen LogP contribution in [0.3, 0.4) is 0 Å². The van der Waals surface area contributed by atoms with Crippen molar-refractivity contribution in [1.29, 1.82) is 0 Å². The van der Waals surface area contributed by atoms with Crippen LogP contribution in [0.1, 0.15) is 38.1 Å². The number of hydrogen-bond acceptors (Lipinski definition) is 7. The molecule has 2 aromatic rings. The van der Waals surface area contributed by atoms with Crippen molar-refractivity contribution in [3.05, 3.63) is 36.0 Å². The van der Waals surface area contributed by atoms with Gasteiger partial charge >= 0.3 is 183 Å². The van der Waals surface area contributed by atoms with Crippen molar-refractivity contribution < 1.29 is 14.3 Å².